The van der Waals surface area contributed by atoms with E-state index in [1.165, 1.54) is 11.0 Å². The predicted molar refractivity (Wildman–Crippen MR) is 81.5 cm³/mol. The Labute approximate surface area is 128 Å². The molecule has 2 amide bonds. The zero-order chi connectivity index (χ0) is 15.8. The maximum Gasteiger partial charge on any atom is 0.415 e. The molecule has 0 aliphatic carbocycles. The van der Waals surface area contributed by atoms with Crippen molar-refractivity contribution >= 4 is 29.5 Å². The largest absolute Gasteiger partial charge is 0.465 e. The van der Waals surface area contributed by atoms with Crippen LogP contribution in [0.5, 0.6) is 5.75 Å². The summed E-state index contributed by atoms with van der Waals surface area (Å²) >= 11 is 5.60. The first-order valence-electron chi connectivity index (χ1n) is 6.66. The topological polar surface area (TPSA) is 70.1 Å². The molecule has 1 N–H and O–H groups in total. The van der Waals surface area contributed by atoms with E-state index in [2.05, 4.69) is 0 Å². The molecule has 7 heteroatoms. The molecule has 0 bridgehead atoms. The number of anilines is 1. The maximum absolute atomic E-state index is 11.9. The summed E-state index contributed by atoms with van der Waals surface area (Å²) in [5, 5.41) is 9.15. The van der Waals surface area contributed by atoms with Gasteiger partial charge < -0.3 is 14.7 Å². The Hall–Kier alpha value is -1.95. The lowest BCUT2D eigenvalue weighted by Gasteiger charge is -2.20. The van der Waals surface area contributed by atoms with E-state index in [9.17, 15) is 9.59 Å². The van der Waals surface area contributed by atoms with E-state index in [0.29, 0.717) is 24.5 Å². The molecule has 21 heavy (non-hydrogen) atoms. The molecule has 0 aliphatic rings. The summed E-state index contributed by atoms with van der Waals surface area (Å²) in [4.78, 5) is 25.7. The predicted octanol–water partition coefficient (Wildman–Crippen LogP) is 3.25. The molecule has 0 atom stereocenters. The highest BCUT2D eigenvalue weighted by atomic mass is 35.5. The van der Waals surface area contributed by atoms with Crippen LogP contribution < -0.4 is 9.64 Å². The van der Waals surface area contributed by atoms with Crippen molar-refractivity contribution < 1.29 is 19.4 Å². The van der Waals surface area contributed by atoms with E-state index in [1.807, 2.05) is 13.8 Å². The summed E-state index contributed by atoms with van der Waals surface area (Å²) in [6, 6.07) is 6.35. The monoisotopic (exact) mass is 314 g/mol. The summed E-state index contributed by atoms with van der Waals surface area (Å²) < 4.78 is 5.24. The summed E-state index contributed by atoms with van der Waals surface area (Å²) in [5.41, 5.74) is 0.410. The third-order valence-electron chi connectivity index (χ3n) is 2.90. The number of rotatable bonds is 6. The van der Waals surface area contributed by atoms with Crippen LogP contribution in [0.15, 0.2) is 24.3 Å². The molecule has 0 saturated heterocycles. The Morgan fingerprint density at radius 2 is 1.95 bits per heavy atom. The van der Waals surface area contributed by atoms with Crippen molar-refractivity contribution in [3.05, 3.63) is 24.3 Å². The van der Waals surface area contributed by atoms with Gasteiger partial charge in [-0.3, -0.25) is 4.90 Å². The van der Waals surface area contributed by atoms with Gasteiger partial charge in [0.05, 0.1) is 5.69 Å². The van der Waals surface area contributed by atoms with Crippen molar-refractivity contribution in [2.45, 2.75) is 13.8 Å². The molecule has 1 rings (SSSR count). The van der Waals surface area contributed by atoms with Gasteiger partial charge >= 0.3 is 12.2 Å². The first kappa shape index (κ1) is 17.1. The van der Waals surface area contributed by atoms with Crippen LogP contribution in [0.25, 0.3) is 0 Å². The number of hydrogen-bond donors (Lipinski definition) is 1. The molecule has 0 saturated carbocycles. The second-order valence-corrected chi connectivity index (χ2v) is 4.54. The van der Waals surface area contributed by atoms with Crippen molar-refractivity contribution in [1.29, 1.82) is 0 Å². The summed E-state index contributed by atoms with van der Waals surface area (Å²) in [7, 11) is 0. The summed E-state index contributed by atoms with van der Waals surface area (Å²) in [6.07, 6.45) is -1.57. The van der Waals surface area contributed by atoms with Crippen molar-refractivity contribution in [3.8, 4) is 5.75 Å². The Kier molecular flexibility index (Phi) is 6.81. The number of ether oxygens (including phenoxy) is 1. The molecule has 0 aromatic heterocycles. The van der Waals surface area contributed by atoms with Crippen LogP contribution in [0.3, 0.4) is 0 Å². The summed E-state index contributed by atoms with van der Waals surface area (Å²) in [5.74, 6) is 0.473. The highest BCUT2D eigenvalue weighted by Gasteiger charge is 2.16. The van der Waals surface area contributed by atoms with Crippen molar-refractivity contribution in [2.75, 3.05) is 30.4 Å². The molecule has 0 unspecified atom stereocenters. The van der Waals surface area contributed by atoms with Gasteiger partial charge in [0.25, 0.3) is 0 Å². The number of halogens is 1. The molecule has 1 aromatic carbocycles. The molecule has 6 nitrogen and oxygen atoms in total. The van der Waals surface area contributed by atoms with Crippen LogP contribution in [0, 0.1) is 0 Å². The number of nitrogens with zero attached hydrogens (tertiary/aromatic N) is 2. The SMILES string of the molecule is CCN(CC)C(=O)Oc1cccc(N(CCCl)C(=O)O)c1. The van der Waals surface area contributed by atoms with Gasteiger partial charge in [-0.05, 0) is 26.0 Å². The van der Waals surface area contributed by atoms with E-state index < -0.39 is 12.2 Å². The van der Waals surface area contributed by atoms with Crippen LogP contribution in [0.2, 0.25) is 0 Å². The van der Waals surface area contributed by atoms with Crippen molar-refractivity contribution in [3.63, 3.8) is 0 Å². The van der Waals surface area contributed by atoms with E-state index >= 15 is 0 Å². The van der Waals surface area contributed by atoms with Gasteiger partial charge in [-0.2, -0.15) is 0 Å². The Balaban J connectivity index is 2.89. The normalized spacial score (nSPS) is 10.0. The van der Waals surface area contributed by atoms with E-state index in [0.717, 1.165) is 4.90 Å². The average Bonchev–Trinajstić information content (AvgIpc) is 2.46. The molecule has 0 spiro atoms. The third-order valence-corrected chi connectivity index (χ3v) is 3.06. The van der Waals surface area contributed by atoms with E-state index in [-0.39, 0.29) is 12.4 Å². The molecule has 0 heterocycles. The van der Waals surface area contributed by atoms with E-state index in [1.54, 1.807) is 18.2 Å². The standard InChI is InChI=1S/C14H19ClN2O4/c1-3-16(4-2)14(20)21-12-7-5-6-11(10-12)17(9-8-15)13(18)19/h5-7,10H,3-4,8-9H2,1-2H3,(H,18,19). The minimum absolute atomic E-state index is 0.157. The number of carbonyl (C=O) groups excluding carboxylic acids is 1. The molecular weight excluding hydrogens is 296 g/mol. The number of carbonyl (C=O) groups is 2. The number of hydrogen-bond acceptors (Lipinski definition) is 3. The lowest BCUT2D eigenvalue weighted by Crippen LogP contribution is -2.33. The maximum atomic E-state index is 11.9. The first-order chi connectivity index (χ1) is 10.0. The van der Waals surface area contributed by atoms with Crippen molar-refractivity contribution in [1.82, 2.24) is 4.90 Å². The highest BCUT2D eigenvalue weighted by Crippen LogP contribution is 2.22. The van der Waals surface area contributed by atoms with Crippen LogP contribution in [-0.2, 0) is 0 Å². The fourth-order valence-corrected chi connectivity index (χ4v) is 1.95. The second kappa shape index (κ2) is 8.36. The first-order valence-corrected chi connectivity index (χ1v) is 7.20. The minimum atomic E-state index is -1.11. The van der Waals surface area contributed by atoms with Gasteiger partial charge in [-0.15, -0.1) is 11.6 Å². The van der Waals surface area contributed by atoms with Gasteiger partial charge in [0.15, 0.2) is 0 Å². The fraction of sp³-hybridized carbons (Fsp3) is 0.429. The van der Waals surface area contributed by atoms with Gasteiger partial charge in [0, 0.05) is 31.6 Å². The smallest absolute Gasteiger partial charge is 0.415 e. The number of carboxylic acid groups (broad SMARTS) is 1. The van der Waals surface area contributed by atoms with Crippen LogP contribution in [0.1, 0.15) is 13.8 Å². The van der Waals surface area contributed by atoms with Crippen molar-refractivity contribution in [2.24, 2.45) is 0 Å². The zero-order valence-electron chi connectivity index (χ0n) is 12.1. The Bertz CT molecular complexity index is 492. The van der Waals surface area contributed by atoms with Crippen LogP contribution >= 0.6 is 11.6 Å². The Morgan fingerprint density at radius 1 is 1.29 bits per heavy atom. The van der Waals surface area contributed by atoms with Gasteiger partial charge in [-0.1, -0.05) is 6.07 Å². The van der Waals surface area contributed by atoms with Gasteiger partial charge in [0.2, 0.25) is 0 Å². The highest BCUT2D eigenvalue weighted by molar-refractivity contribution is 6.18. The second-order valence-electron chi connectivity index (χ2n) is 4.16. The number of amides is 2. The number of benzene rings is 1. The van der Waals surface area contributed by atoms with Gasteiger partial charge in [-0.25, -0.2) is 9.59 Å². The third kappa shape index (κ3) is 4.82. The van der Waals surface area contributed by atoms with Crippen LogP contribution in [0.4, 0.5) is 15.3 Å². The molecule has 0 aliphatic heterocycles. The fourth-order valence-electron chi connectivity index (χ4n) is 1.78. The zero-order valence-corrected chi connectivity index (χ0v) is 12.8. The Morgan fingerprint density at radius 3 is 2.48 bits per heavy atom. The quantitative estimate of drug-likeness (QED) is 0.818. The van der Waals surface area contributed by atoms with Crippen LogP contribution in [-0.4, -0.2) is 47.7 Å². The lowest BCUT2D eigenvalue weighted by atomic mass is 10.3. The van der Waals surface area contributed by atoms with E-state index in [4.69, 9.17) is 21.4 Å². The molecule has 116 valence electrons. The summed E-state index contributed by atoms with van der Waals surface area (Å²) in [6.45, 7) is 4.96. The number of alkyl halides is 1. The molecule has 0 fully saturated rings. The van der Waals surface area contributed by atoms with Gasteiger partial charge in [0.1, 0.15) is 5.75 Å². The molecule has 0 radical (unpaired) electrons. The molecule has 1 aromatic rings. The minimum Gasteiger partial charge on any atom is -0.465 e. The average molecular weight is 315 g/mol. The molecular formula is C14H19ClN2O4. The lowest BCUT2D eigenvalue weighted by molar-refractivity contribution is 0.157.